The third kappa shape index (κ3) is 3.61. The molecule has 0 amide bonds. The summed E-state index contributed by atoms with van der Waals surface area (Å²) in [6.45, 7) is 4.63. The minimum Gasteiger partial charge on any atom is -0.474 e. The minimum absolute atomic E-state index is 0.106. The molecule has 1 aromatic rings. The monoisotopic (exact) mass is 254 g/mol. The van der Waals surface area contributed by atoms with Crippen molar-refractivity contribution in [2.45, 2.75) is 19.4 Å². The Balaban J connectivity index is 2.79. The quantitative estimate of drug-likeness (QED) is 0.785. The molecule has 0 aliphatic rings. The summed E-state index contributed by atoms with van der Waals surface area (Å²) in [5.41, 5.74) is 6.10. The highest BCUT2D eigenvalue weighted by molar-refractivity contribution is 7.80. The first-order chi connectivity index (χ1) is 7.84. The van der Waals surface area contributed by atoms with Gasteiger partial charge in [0.1, 0.15) is 11.6 Å². The lowest BCUT2D eigenvalue weighted by Crippen LogP contribution is -2.43. The molecular weight excluding hydrogens is 236 g/mol. The molecule has 1 heterocycles. The summed E-state index contributed by atoms with van der Waals surface area (Å²) in [6, 6.07) is 1.70. The number of likely N-dealkylation sites (N-methyl/N-ethyl adjacent to an activating group) is 1. The summed E-state index contributed by atoms with van der Waals surface area (Å²) in [5.74, 6) is 0.384. The van der Waals surface area contributed by atoms with E-state index in [0.717, 1.165) is 0 Å². The van der Waals surface area contributed by atoms with Gasteiger partial charge in [-0.15, -0.1) is 5.10 Å². The third-order valence-corrected chi connectivity index (χ3v) is 2.94. The van der Waals surface area contributed by atoms with Crippen LogP contribution in [0.3, 0.4) is 0 Å². The van der Waals surface area contributed by atoms with Gasteiger partial charge in [-0.25, -0.2) is 0 Å². The second kappa shape index (κ2) is 5.37. The fourth-order valence-corrected chi connectivity index (χ4v) is 1.14. The molecule has 0 aromatic carbocycles. The van der Waals surface area contributed by atoms with E-state index >= 15 is 0 Å². The molecule has 6 heteroatoms. The second-order valence-corrected chi connectivity index (χ2v) is 5.05. The zero-order chi connectivity index (χ0) is 13.1. The predicted octanol–water partition coefficient (Wildman–Crippen LogP) is 0.830. The van der Waals surface area contributed by atoms with Crippen molar-refractivity contribution in [2.24, 2.45) is 5.73 Å². The fourth-order valence-electron chi connectivity index (χ4n) is 0.987. The van der Waals surface area contributed by atoms with Gasteiger partial charge in [0.15, 0.2) is 0 Å². The van der Waals surface area contributed by atoms with Crippen LogP contribution < -0.4 is 10.5 Å². The van der Waals surface area contributed by atoms with Gasteiger partial charge < -0.3 is 15.4 Å². The Morgan fingerprint density at radius 3 is 2.71 bits per heavy atom. The van der Waals surface area contributed by atoms with Crippen LogP contribution in [0.5, 0.6) is 5.88 Å². The number of hydrogen-bond donors (Lipinski definition) is 1. The van der Waals surface area contributed by atoms with Crippen molar-refractivity contribution in [3.63, 3.8) is 0 Å². The van der Waals surface area contributed by atoms with E-state index < -0.39 is 0 Å². The topological polar surface area (TPSA) is 64.3 Å². The standard InChI is InChI=1S/C11H18N4OS/c1-11(2,15(3)4)7-16-10-8(9(12)17)5-6-13-14-10/h5-6H,7H2,1-4H3,(H2,12,17). The normalized spacial score (nSPS) is 11.6. The maximum atomic E-state index is 5.64. The van der Waals surface area contributed by atoms with Gasteiger partial charge >= 0.3 is 0 Å². The Labute approximate surface area is 107 Å². The van der Waals surface area contributed by atoms with E-state index in [1.54, 1.807) is 12.3 Å². The van der Waals surface area contributed by atoms with Crippen molar-refractivity contribution < 1.29 is 4.74 Å². The highest BCUT2D eigenvalue weighted by Crippen LogP contribution is 2.17. The number of nitrogens with zero attached hydrogens (tertiary/aromatic N) is 3. The summed E-state index contributed by atoms with van der Waals surface area (Å²) in [7, 11) is 3.99. The predicted molar refractivity (Wildman–Crippen MR) is 71.2 cm³/mol. The largest absolute Gasteiger partial charge is 0.474 e. The van der Waals surface area contributed by atoms with Gasteiger partial charge in [-0.2, -0.15) is 5.10 Å². The number of aromatic nitrogens is 2. The van der Waals surface area contributed by atoms with Crippen LogP contribution in [0.2, 0.25) is 0 Å². The molecule has 0 bridgehead atoms. The molecule has 94 valence electrons. The molecule has 17 heavy (non-hydrogen) atoms. The van der Waals surface area contributed by atoms with Crippen LogP contribution in [0.1, 0.15) is 19.4 Å². The van der Waals surface area contributed by atoms with E-state index in [2.05, 4.69) is 28.9 Å². The van der Waals surface area contributed by atoms with E-state index in [1.165, 1.54) is 0 Å². The summed E-state index contributed by atoms with van der Waals surface area (Å²) in [4.78, 5) is 2.33. The molecule has 0 aliphatic carbocycles. The molecule has 0 aliphatic heterocycles. The number of hydrogen-bond acceptors (Lipinski definition) is 5. The minimum atomic E-state index is -0.106. The van der Waals surface area contributed by atoms with E-state index in [4.69, 9.17) is 22.7 Å². The van der Waals surface area contributed by atoms with E-state index in [9.17, 15) is 0 Å². The molecule has 5 nitrogen and oxygen atoms in total. The molecule has 0 atom stereocenters. The van der Waals surface area contributed by atoms with Crippen LogP contribution in [-0.4, -0.2) is 46.3 Å². The van der Waals surface area contributed by atoms with Crippen LogP contribution in [-0.2, 0) is 0 Å². The zero-order valence-electron chi connectivity index (χ0n) is 10.6. The SMILES string of the molecule is CN(C)C(C)(C)COc1nnccc1C(N)=S. The third-order valence-electron chi connectivity index (χ3n) is 2.73. The Kier molecular flexibility index (Phi) is 4.36. The molecule has 0 saturated carbocycles. The number of nitrogens with two attached hydrogens (primary N) is 1. The highest BCUT2D eigenvalue weighted by atomic mass is 32.1. The Morgan fingerprint density at radius 2 is 2.18 bits per heavy atom. The van der Waals surface area contributed by atoms with Crippen LogP contribution in [0.4, 0.5) is 0 Å². The molecule has 1 aromatic heterocycles. The molecule has 0 radical (unpaired) electrons. The molecule has 2 N–H and O–H groups in total. The van der Waals surface area contributed by atoms with Gasteiger partial charge in [0.05, 0.1) is 11.8 Å². The summed E-state index contributed by atoms with van der Waals surface area (Å²) < 4.78 is 5.64. The second-order valence-electron chi connectivity index (χ2n) is 4.61. The molecule has 1 rings (SSSR count). The van der Waals surface area contributed by atoms with Crippen LogP contribution in [0.15, 0.2) is 12.3 Å². The number of rotatable bonds is 5. The highest BCUT2D eigenvalue weighted by Gasteiger charge is 2.22. The van der Waals surface area contributed by atoms with E-state index in [-0.39, 0.29) is 10.5 Å². The Morgan fingerprint density at radius 1 is 1.53 bits per heavy atom. The van der Waals surface area contributed by atoms with Crippen LogP contribution in [0, 0.1) is 0 Å². The Hall–Kier alpha value is -1.27. The molecule has 0 unspecified atom stereocenters. The first-order valence-electron chi connectivity index (χ1n) is 5.26. The Bertz CT molecular complexity index is 406. The van der Waals surface area contributed by atoms with Gasteiger partial charge in [0.25, 0.3) is 0 Å². The smallest absolute Gasteiger partial charge is 0.243 e. The van der Waals surface area contributed by atoms with Gasteiger partial charge in [0, 0.05) is 5.54 Å². The molecular formula is C11H18N4OS. The van der Waals surface area contributed by atoms with Gasteiger partial charge in [-0.3, -0.25) is 0 Å². The maximum absolute atomic E-state index is 5.64. The maximum Gasteiger partial charge on any atom is 0.243 e. The van der Waals surface area contributed by atoms with E-state index in [0.29, 0.717) is 18.1 Å². The number of thiocarbonyl (C=S) groups is 1. The van der Waals surface area contributed by atoms with Crippen LogP contribution in [0.25, 0.3) is 0 Å². The van der Waals surface area contributed by atoms with Gasteiger partial charge in [-0.1, -0.05) is 12.2 Å². The fraction of sp³-hybridized carbons (Fsp3) is 0.545. The van der Waals surface area contributed by atoms with Crippen LogP contribution >= 0.6 is 12.2 Å². The zero-order valence-corrected chi connectivity index (χ0v) is 11.4. The van der Waals surface area contributed by atoms with Crippen molar-refractivity contribution in [3.05, 3.63) is 17.8 Å². The summed E-state index contributed by atoms with van der Waals surface area (Å²) in [5, 5.41) is 7.67. The molecule has 0 saturated heterocycles. The van der Waals surface area contributed by atoms with E-state index in [1.807, 2.05) is 14.1 Å². The van der Waals surface area contributed by atoms with Gasteiger partial charge in [-0.05, 0) is 34.0 Å². The first-order valence-corrected chi connectivity index (χ1v) is 5.67. The van der Waals surface area contributed by atoms with Crippen molar-refractivity contribution in [3.8, 4) is 5.88 Å². The number of ether oxygens (including phenoxy) is 1. The average molecular weight is 254 g/mol. The average Bonchev–Trinajstić information content (AvgIpc) is 2.26. The lowest BCUT2D eigenvalue weighted by atomic mass is 10.1. The lowest BCUT2D eigenvalue weighted by Gasteiger charge is -2.32. The summed E-state index contributed by atoms with van der Waals surface area (Å²) in [6.07, 6.45) is 1.54. The molecule has 0 fully saturated rings. The summed E-state index contributed by atoms with van der Waals surface area (Å²) >= 11 is 4.93. The first kappa shape index (κ1) is 13.8. The van der Waals surface area contributed by atoms with Crippen molar-refractivity contribution in [1.29, 1.82) is 0 Å². The van der Waals surface area contributed by atoms with Crippen molar-refractivity contribution >= 4 is 17.2 Å². The lowest BCUT2D eigenvalue weighted by molar-refractivity contribution is 0.110. The van der Waals surface area contributed by atoms with Gasteiger partial charge in [0.2, 0.25) is 5.88 Å². The molecule has 0 spiro atoms. The van der Waals surface area contributed by atoms with Crippen molar-refractivity contribution in [1.82, 2.24) is 15.1 Å². The van der Waals surface area contributed by atoms with Crippen molar-refractivity contribution in [2.75, 3.05) is 20.7 Å².